The summed E-state index contributed by atoms with van der Waals surface area (Å²) in [6, 6.07) is 3.60. The third-order valence-electron chi connectivity index (χ3n) is 1.80. The molecule has 0 aliphatic carbocycles. The van der Waals surface area contributed by atoms with E-state index in [0.29, 0.717) is 18.1 Å². The summed E-state index contributed by atoms with van der Waals surface area (Å²) in [6.07, 6.45) is 2.37. The van der Waals surface area contributed by atoms with Crippen LogP contribution in [0.4, 0.5) is 0 Å². The summed E-state index contributed by atoms with van der Waals surface area (Å²) in [5.74, 6) is 0.318. The number of rotatable bonds is 5. The largest absolute Gasteiger partial charge is 0.476 e. The fourth-order valence-corrected chi connectivity index (χ4v) is 1.06. The number of hydrogen-bond acceptors (Lipinski definition) is 5. The Hall–Kier alpha value is -1.67. The predicted octanol–water partition coefficient (Wildman–Crippen LogP) is 0.679. The Morgan fingerprint density at radius 1 is 1.53 bits per heavy atom. The van der Waals surface area contributed by atoms with E-state index < -0.39 is 0 Å². The van der Waals surface area contributed by atoms with Crippen LogP contribution in [0.1, 0.15) is 12.0 Å². The summed E-state index contributed by atoms with van der Waals surface area (Å²) in [4.78, 5) is 2.07. The van der Waals surface area contributed by atoms with E-state index in [1.807, 2.05) is 20.2 Å². The maximum Gasteiger partial charge on any atom is 0.251 e. The zero-order valence-corrected chi connectivity index (χ0v) is 8.97. The van der Waals surface area contributed by atoms with Crippen LogP contribution in [-0.2, 0) is 0 Å². The maximum atomic E-state index is 8.76. The maximum absolute atomic E-state index is 8.76. The molecule has 0 spiro atoms. The van der Waals surface area contributed by atoms with Gasteiger partial charge < -0.3 is 9.64 Å². The third-order valence-corrected chi connectivity index (χ3v) is 1.80. The second-order valence-electron chi connectivity index (χ2n) is 3.37. The summed E-state index contributed by atoms with van der Waals surface area (Å²) < 4.78 is 5.36. The molecule has 1 heterocycles. The molecule has 1 aromatic rings. The van der Waals surface area contributed by atoms with Crippen LogP contribution in [0.3, 0.4) is 0 Å². The van der Waals surface area contributed by atoms with Crippen LogP contribution in [0.25, 0.3) is 0 Å². The number of aromatic nitrogens is 2. The molecule has 0 radical (unpaired) electrons. The fourth-order valence-electron chi connectivity index (χ4n) is 1.06. The summed E-state index contributed by atoms with van der Waals surface area (Å²) in [5, 5.41) is 16.2. The molecule has 0 saturated heterocycles. The van der Waals surface area contributed by atoms with Crippen LogP contribution in [-0.4, -0.2) is 42.3 Å². The summed E-state index contributed by atoms with van der Waals surface area (Å²) >= 11 is 0. The molecular formula is C10H14N4O. The van der Waals surface area contributed by atoms with Crippen LogP contribution in [0.5, 0.6) is 5.88 Å². The van der Waals surface area contributed by atoms with Crippen molar-refractivity contribution in [2.45, 2.75) is 6.42 Å². The van der Waals surface area contributed by atoms with Crippen molar-refractivity contribution in [1.29, 1.82) is 5.26 Å². The average molecular weight is 206 g/mol. The standard InChI is InChI=1S/C10H14N4O/c1-14(2)6-3-7-15-10-9(8-11)4-5-12-13-10/h4-5H,3,6-7H2,1-2H3. The summed E-state index contributed by atoms with van der Waals surface area (Å²) in [6.45, 7) is 1.49. The first-order chi connectivity index (χ1) is 7.24. The Morgan fingerprint density at radius 3 is 3.00 bits per heavy atom. The van der Waals surface area contributed by atoms with Gasteiger partial charge in [0.15, 0.2) is 0 Å². The molecule has 0 unspecified atom stereocenters. The highest BCUT2D eigenvalue weighted by Crippen LogP contribution is 2.11. The highest BCUT2D eigenvalue weighted by molar-refractivity contribution is 5.35. The van der Waals surface area contributed by atoms with E-state index in [1.54, 1.807) is 6.07 Å². The van der Waals surface area contributed by atoms with Gasteiger partial charge in [0.25, 0.3) is 5.88 Å². The monoisotopic (exact) mass is 206 g/mol. The van der Waals surface area contributed by atoms with Crippen molar-refractivity contribution in [2.75, 3.05) is 27.2 Å². The van der Waals surface area contributed by atoms with Gasteiger partial charge in [-0.3, -0.25) is 0 Å². The molecule has 80 valence electrons. The quantitative estimate of drug-likeness (QED) is 0.663. The normalized spacial score (nSPS) is 10.0. The molecule has 15 heavy (non-hydrogen) atoms. The Kier molecular flexibility index (Phi) is 4.51. The molecule has 0 fully saturated rings. The van der Waals surface area contributed by atoms with Gasteiger partial charge in [-0.2, -0.15) is 10.4 Å². The van der Waals surface area contributed by atoms with Crippen molar-refractivity contribution in [3.8, 4) is 11.9 Å². The van der Waals surface area contributed by atoms with Gasteiger partial charge in [0.2, 0.25) is 0 Å². The smallest absolute Gasteiger partial charge is 0.251 e. The lowest BCUT2D eigenvalue weighted by atomic mass is 10.3. The van der Waals surface area contributed by atoms with Gasteiger partial charge in [-0.25, -0.2) is 0 Å². The lowest BCUT2D eigenvalue weighted by Crippen LogP contribution is -2.16. The number of nitriles is 1. The average Bonchev–Trinajstić information content (AvgIpc) is 2.24. The lowest BCUT2D eigenvalue weighted by molar-refractivity contribution is 0.270. The molecule has 1 aromatic heterocycles. The minimum absolute atomic E-state index is 0.318. The zero-order valence-electron chi connectivity index (χ0n) is 8.97. The SMILES string of the molecule is CN(C)CCCOc1nnccc1C#N. The first-order valence-electron chi connectivity index (χ1n) is 4.73. The zero-order chi connectivity index (χ0) is 11.1. The van der Waals surface area contributed by atoms with Crippen molar-refractivity contribution in [2.24, 2.45) is 0 Å². The van der Waals surface area contributed by atoms with Gasteiger partial charge in [-0.05, 0) is 26.6 Å². The second kappa shape index (κ2) is 5.94. The van der Waals surface area contributed by atoms with Crippen molar-refractivity contribution >= 4 is 0 Å². The Bertz CT molecular complexity index is 346. The first kappa shape index (κ1) is 11.4. The Labute approximate surface area is 89.3 Å². The molecule has 0 bridgehead atoms. The van der Waals surface area contributed by atoms with Crippen molar-refractivity contribution in [1.82, 2.24) is 15.1 Å². The lowest BCUT2D eigenvalue weighted by Gasteiger charge is -2.09. The molecule has 5 nitrogen and oxygen atoms in total. The highest BCUT2D eigenvalue weighted by Gasteiger charge is 2.03. The van der Waals surface area contributed by atoms with Gasteiger partial charge in [0.05, 0.1) is 12.8 Å². The molecule has 1 rings (SSSR count). The molecule has 0 aromatic carbocycles. The molecule has 0 amide bonds. The predicted molar refractivity (Wildman–Crippen MR) is 55.4 cm³/mol. The molecule has 0 saturated carbocycles. The second-order valence-corrected chi connectivity index (χ2v) is 3.37. The number of hydrogen-bond donors (Lipinski definition) is 0. The van der Waals surface area contributed by atoms with Gasteiger partial charge >= 0.3 is 0 Å². The van der Waals surface area contributed by atoms with Gasteiger partial charge in [0, 0.05) is 6.54 Å². The van der Waals surface area contributed by atoms with Gasteiger partial charge in [0.1, 0.15) is 11.6 Å². The van der Waals surface area contributed by atoms with E-state index in [1.165, 1.54) is 6.20 Å². The van der Waals surface area contributed by atoms with Crippen molar-refractivity contribution in [3.63, 3.8) is 0 Å². The van der Waals surface area contributed by atoms with E-state index in [9.17, 15) is 0 Å². The van der Waals surface area contributed by atoms with Crippen LogP contribution in [0, 0.1) is 11.3 Å². The highest BCUT2D eigenvalue weighted by atomic mass is 16.5. The van der Waals surface area contributed by atoms with Crippen LogP contribution in [0.2, 0.25) is 0 Å². The van der Waals surface area contributed by atoms with Crippen molar-refractivity contribution < 1.29 is 4.74 Å². The van der Waals surface area contributed by atoms with Crippen LogP contribution in [0.15, 0.2) is 12.3 Å². The molecule has 5 heteroatoms. The third kappa shape index (κ3) is 3.92. The van der Waals surface area contributed by atoms with E-state index in [4.69, 9.17) is 10.00 Å². The topological polar surface area (TPSA) is 62.0 Å². The molecular weight excluding hydrogens is 192 g/mol. The summed E-state index contributed by atoms with van der Waals surface area (Å²) in [7, 11) is 4.01. The van der Waals surface area contributed by atoms with E-state index >= 15 is 0 Å². The van der Waals surface area contributed by atoms with Crippen molar-refractivity contribution in [3.05, 3.63) is 17.8 Å². The Morgan fingerprint density at radius 2 is 2.33 bits per heavy atom. The first-order valence-corrected chi connectivity index (χ1v) is 4.73. The minimum atomic E-state index is 0.318. The van der Waals surface area contributed by atoms with E-state index in [2.05, 4.69) is 15.1 Å². The van der Waals surface area contributed by atoms with Gasteiger partial charge in [-0.1, -0.05) is 0 Å². The molecule has 0 aliphatic rings. The van der Waals surface area contributed by atoms with Crippen LogP contribution >= 0.6 is 0 Å². The summed E-state index contributed by atoms with van der Waals surface area (Å²) in [5.41, 5.74) is 0.426. The molecule has 0 N–H and O–H groups in total. The van der Waals surface area contributed by atoms with E-state index in [0.717, 1.165) is 13.0 Å². The molecule has 0 atom stereocenters. The van der Waals surface area contributed by atoms with E-state index in [-0.39, 0.29) is 0 Å². The van der Waals surface area contributed by atoms with Gasteiger partial charge in [-0.15, -0.1) is 5.10 Å². The fraction of sp³-hybridized carbons (Fsp3) is 0.500. The number of ether oxygens (including phenoxy) is 1. The Balaban J connectivity index is 2.41. The molecule has 0 aliphatic heterocycles. The minimum Gasteiger partial charge on any atom is -0.476 e. The van der Waals surface area contributed by atoms with Crippen LogP contribution < -0.4 is 4.74 Å². The number of nitrogens with zero attached hydrogens (tertiary/aromatic N) is 4.